The van der Waals surface area contributed by atoms with Gasteiger partial charge in [0.1, 0.15) is 17.1 Å². The van der Waals surface area contributed by atoms with E-state index in [0.29, 0.717) is 34.6 Å². The maximum Gasteiger partial charge on any atom is 0.387 e. The van der Waals surface area contributed by atoms with Crippen molar-refractivity contribution >= 4 is 18.9 Å². The van der Waals surface area contributed by atoms with E-state index in [0.717, 1.165) is 11.1 Å². The molecule has 192 valence electrons. The number of halogens is 2. The molecule has 0 N–H and O–H groups in total. The van der Waals surface area contributed by atoms with Gasteiger partial charge in [-0.15, -0.1) is 0 Å². The predicted octanol–water partition coefficient (Wildman–Crippen LogP) is 3.60. The number of phosphoric ester groups is 1. The lowest BCUT2D eigenvalue weighted by atomic mass is 9.98. The van der Waals surface area contributed by atoms with Crippen LogP contribution in [0.1, 0.15) is 49.6 Å². The van der Waals surface area contributed by atoms with Gasteiger partial charge in [0, 0.05) is 24.4 Å². The molecule has 10 nitrogen and oxygen atoms in total. The third-order valence-corrected chi connectivity index (χ3v) is 7.14. The van der Waals surface area contributed by atoms with E-state index >= 15 is 0 Å². The molecule has 0 saturated carbocycles. The normalized spacial score (nSPS) is 18.6. The summed E-state index contributed by atoms with van der Waals surface area (Å²) in [6.45, 7) is -0.199. The molecule has 4 heterocycles. The molecule has 37 heavy (non-hydrogen) atoms. The largest absolute Gasteiger partial charge is 0.790 e. The zero-order valence-corrected chi connectivity index (χ0v) is 20.4. The molecule has 0 amide bonds. The third-order valence-electron chi connectivity index (χ3n) is 6.46. The van der Waals surface area contributed by atoms with Crippen molar-refractivity contribution in [3.63, 3.8) is 0 Å². The summed E-state index contributed by atoms with van der Waals surface area (Å²) in [4.78, 5) is 35.3. The van der Waals surface area contributed by atoms with Crippen LogP contribution in [0.2, 0.25) is 0 Å². The van der Waals surface area contributed by atoms with E-state index in [9.17, 15) is 23.1 Å². The highest BCUT2D eigenvalue weighted by Gasteiger charge is 2.43. The standard InChI is InChI=1S/C24H21F2N4O6P/c1-24(2,36-37(31,32)33)22-27-10-13(11-28-22)12-6-7-14-15(8-12)30-16-9-19(21(30)29-14)34-17-4-3-5-18(20(16)17)35-23(25)26/h3-8,10-11,16,19,23H,9H2,1-2H3,(H2,31,32,33)/p-2/t16-,19-/m1/s1. The van der Waals surface area contributed by atoms with Gasteiger partial charge in [-0.3, -0.25) is 0 Å². The SMILES string of the molecule is CC(C)(OP(=O)([O-])[O-])c1ncc(-c2ccc3nc4n(c3c2)[C@@H]2C[C@H]4Oc3cccc(OC(F)F)c32)cn1. The number of aromatic nitrogens is 4. The monoisotopic (exact) mass is 528 g/mol. The molecule has 0 fully saturated rings. The molecule has 0 unspecified atom stereocenters. The van der Waals surface area contributed by atoms with Crippen LogP contribution < -0.4 is 19.3 Å². The third kappa shape index (κ3) is 4.15. The minimum absolute atomic E-state index is 0.0311. The van der Waals surface area contributed by atoms with Crippen molar-refractivity contribution in [2.24, 2.45) is 0 Å². The molecule has 13 heteroatoms. The van der Waals surface area contributed by atoms with E-state index in [4.69, 9.17) is 14.5 Å². The van der Waals surface area contributed by atoms with Crippen molar-refractivity contribution < 1.29 is 37.1 Å². The molecular weight excluding hydrogens is 509 g/mol. The molecule has 0 saturated heterocycles. The van der Waals surface area contributed by atoms with Crippen LogP contribution in [0, 0.1) is 0 Å². The van der Waals surface area contributed by atoms with Crippen LogP contribution in [-0.2, 0) is 14.7 Å². The fraction of sp³-hybridized carbons (Fsp3) is 0.292. The van der Waals surface area contributed by atoms with E-state index in [-0.39, 0.29) is 23.7 Å². The van der Waals surface area contributed by atoms with Gasteiger partial charge < -0.3 is 32.9 Å². The number of phosphoric acid groups is 1. The van der Waals surface area contributed by atoms with E-state index in [1.54, 1.807) is 12.1 Å². The molecule has 0 aliphatic carbocycles. The molecular formula is C24H19F2N4O6P-2. The Hall–Kier alpha value is -3.44. The summed E-state index contributed by atoms with van der Waals surface area (Å²) in [5.74, 6) is 1.28. The summed E-state index contributed by atoms with van der Waals surface area (Å²) in [5.41, 5.74) is 1.88. The first-order valence-corrected chi connectivity index (χ1v) is 12.8. The number of alkyl halides is 2. The second-order valence-electron chi connectivity index (χ2n) is 9.29. The van der Waals surface area contributed by atoms with E-state index in [1.807, 2.05) is 22.8 Å². The lowest BCUT2D eigenvalue weighted by Crippen LogP contribution is -2.29. The van der Waals surface area contributed by atoms with E-state index in [1.165, 1.54) is 32.3 Å². The van der Waals surface area contributed by atoms with Crippen molar-refractivity contribution in [2.75, 3.05) is 0 Å². The van der Waals surface area contributed by atoms with Gasteiger partial charge in [-0.1, -0.05) is 12.1 Å². The zero-order chi connectivity index (χ0) is 26.1. The first-order chi connectivity index (χ1) is 17.5. The number of hydrogen-bond acceptors (Lipinski definition) is 9. The highest BCUT2D eigenvalue weighted by atomic mass is 31.2. The van der Waals surface area contributed by atoms with Crippen LogP contribution in [-0.4, -0.2) is 26.1 Å². The summed E-state index contributed by atoms with van der Waals surface area (Å²) < 4.78 is 54.7. The number of imidazole rings is 1. The highest BCUT2D eigenvalue weighted by Crippen LogP contribution is 2.53. The number of rotatable bonds is 6. The molecule has 2 bridgehead atoms. The molecule has 2 aromatic heterocycles. The maximum absolute atomic E-state index is 13.1. The first kappa shape index (κ1) is 23.9. The van der Waals surface area contributed by atoms with Gasteiger partial charge in [0.25, 0.3) is 0 Å². The molecule has 2 aromatic carbocycles. The van der Waals surface area contributed by atoms with Gasteiger partial charge in [0.2, 0.25) is 0 Å². The number of hydrogen-bond donors (Lipinski definition) is 0. The molecule has 2 atom stereocenters. The van der Waals surface area contributed by atoms with Crippen molar-refractivity contribution in [1.29, 1.82) is 0 Å². The van der Waals surface area contributed by atoms with Crippen LogP contribution in [0.15, 0.2) is 48.8 Å². The Bertz CT molecular complexity index is 1570. The van der Waals surface area contributed by atoms with Crippen molar-refractivity contribution in [3.05, 3.63) is 66.0 Å². The summed E-state index contributed by atoms with van der Waals surface area (Å²) in [6, 6.07) is 10.1. The van der Waals surface area contributed by atoms with Crippen LogP contribution in [0.4, 0.5) is 8.78 Å². The van der Waals surface area contributed by atoms with Crippen LogP contribution in [0.25, 0.3) is 22.2 Å². The molecule has 4 aromatic rings. The van der Waals surface area contributed by atoms with Gasteiger partial charge in [-0.05, 0) is 43.7 Å². The van der Waals surface area contributed by atoms with Crippen LogP contribution in [0.3, 0.4) is 0 Å². The number of benzene rings is 2. The van der Waals surface area contributed by atoms with Crippen LogP contribution in [0.5, 0.6) is 11.5 Å². The van der Waals surface area contributed by atoms with E-state index in [2.05, 4.69) is 14.5 Å². The summed E-state index contributed by atoms with van der Waals surface area (Å²) in [6.07, 6.45) is 3.22. The lowest BCUT2D eigenvalue weighted by Gasteiger charge is -2.36. The fourth-order valence-corrected chi connectivity index (χ4v) is 5.66. The molecule has 2 aliphatic heterocycles. The second kappa shape index (κ2) is 8.29. The Morgan fingerprint density at radius 3 is 2.62 bits per heavy atom. The maximum atomic E-state index is 13.1. The predicted molar refractivity (Wildman–Crippen MR) is 122 cm³/mol. The average molecular weight is 528 g/mol. The van der Waals surface area contributed by atoms with Gasteiger partial charge in [0.05, 0.1) is 30.5 Å². The smallest absolute Gasteiger partial charge is 0.387 e. The highest BCUT2D eigenvalue weighted by molar-refractivity contribution is 7.43. The summed E-state index contributed by atoms with van der Waals surface area (Å²) in [7, 11) is -5.25. The Labute approximate surface area is 209 Å². The van der Waals surface area contributed by atoms with Crippen molar-refractivity contribution in [3.8, 4) is 22.6 Å². The lowest BCUT2D eigenvalue weighted by molar-refractivity contribution is -0.349. The Morgan fingerprint density at radius 1 is 1.16 bits per heavy atom. The van der Waals surface area contributed by atoms with Gasteiger partial charge in [-0.2, -0.15) is 8.78 Å². The number of ether oxygens (including phenoxy) is 2. The van der Waals surface area contributed by atoms with Gasteiger partial charge >= 0.3 is 6.61 Å². The van der Waals surface area contributed by atoms with Crippen molar-refractivity contribution in [2.45, 2.75) is 44.6 Å². The molecule has 0 spiro atoms. The Balaban J connectivity index is 1.39. The minimum Gasteiger partial charge on any atom is -0.790 e. The number of nitrogens with zero attached hydrogens (tertiary/aromatic N) is 4. The van der Waals surface area contributed by atoms with Crippen molar-refractivity contribution in [1.82, 2.24) is 19.5 Å². The summed E-state index contributed by atoms with van der Waals surface area (Å²) >= 11 is 0. The topological polar surface area (TPSA) is 134 Å². The fourth-order valence-electron chi connectivity index (χ4n) is 5.02. The minimum atomic E-state index is -5.25. The van der Waals surface area contributed by atoms with E-state index < -0.39 is 20.0 Å². The Kier molecular flexibility index (Phi) is 5.36. The molecule has 6 rings (SSSR count). The zero-order valence-electron chi connectivity index (χ0n) is 19.5. The second-order valence-corrected chi connectivity index (χ2v) is 10.4. The molecule has 2 aliphatic rings. The quantitative estimate of drug-likeness (QED) is 0.344. The molecule has 0 radical (unpaired) electrons. The van der Waals surface area contributed by atoms with Gasteiger partial charge in [-0.25, -0.2) is 15.0 Å². The average Bonchev–Trinajstić information content (AvgIpc) is 3.32. The van der Waals surface area contributed by atoms with Crippen LogP contribution >= 0.6 is 7.82 Å². The van der Waals surface area contributed by atoms with Gasteiger partial charge in [0.15, 0.2) is 17.8 Å². The number of fused-ring (bicyclic) bond motifs is 9. The first-order valence-electron chi connectivity index (χ1n) is 11.3. The summed E-state index contributed by atoms with van der Waals surface area (Å²) in [5, 5.41) is 0. The Morgan fingerprint density at radius 2 is 1.92 bits per heavy atom.